The van der Waals surface area contributed by atoms with Gasteiger partial charge in [0, 0.05) is 22.6 Å². The summed E-state index contributed by atoms with van der Waals surface area (Å²) >= 11 is 12.3. The van der Waals surface area contributed by atoms with Crippen molar-refractivity contribution in [3.05, 3.63) is 33.8 Å². The van der Waals surface area contributed by atoms with Crippen molar-refractivity contribution in [2.45, 2.75) is 45.1 Å². The van der Waals surface area contributed by atoms with E-state index in [0.717, 1.165) is 23.9 Å². The summed E-state index contributed by atoms with van der Waals surface area (Å²) in [4.78, 5) is 0. The zero-order valence-electron chi connectivity index (χ0n) is 11.4. The van der Waals surface area contributed by atoms with Crippen LogP contribution < -0.4 is 5.32 Å². The maximum atomic E-state index is 6.32. The fraction of sp³-hybridized carbons (Fsp3) is 0.625. The minimum atomic E-state index is 0.348. The van der Waals surface area contributed by atoms with Gasteiger partial charge in [-0.15, -0.1) is 0 Å². The minimum absolute atomic E-state index is 0.348. The second kappa shape index (κ2) is 5.27. The van der Waals surface area contributed by atoms with E-state index < -0.39 is 0 Å². The van der Waals surface area contributed by atoms with Crippen LogP contribution in [0.5, 0.6) is 0 Å². The Labute approximate surface area is 125 Å². The topological polar surface area (TPSA) is 12.0 Å². The molecule has 2 aliphatic carbocycles. The fourth-order valence-electron chi connectivity index (χ4n) is 3.17. The van der Waals surface area contributed by atoms with Crippen LogP contribution in [0.4, 0.5) is 0 Å². The lowest BCUT2D eigenvalue weighted by molar-refractivity contribution is 0.370. The molecule has 0 aliphatic heterocycles. The molecule has 1 atom stereocenters. The van der Waals surface area contributed by atoms with Crippen molar-refractivity contribution in [1.82, 2.24) is 5.32 Å². The van der Waals surface area contributed by atoms with E-state index in [9.17, 15) is 0 Å². The van der Waals surface area contributed by atoms with Crippen molar-refractivity contribution in [3.63, 3.8) is 0 Å². The van der Waals surface area contributed by atoms with E-state index in [2.05, 4.69) is 18.3 Å². The maximum absolute atomic E-state index is 6.32. The lowest BCUT2D eigenvalue weighted by atomic mass is 9.98. The number of halogens is 2. The van der Waals surface area contributed by atoms with Crippen molar-refractivity contribution in [1.29, 1.82) is 0 Å². The van der Waals surface area contributed by atoms with E-state index in [0.29, 0.717) is 16.5 Å². The standard InChI is InChI=1S/C16H21Cl2N/c1-2-15(13-6-5-12(17)9-14(13)18)19-10-16(7-8-16)11-3-4-11/h5-6,9,11,15,19H,2-4,7-8,10H2,1H3. The summed E-state index contributed by atoms with van der Waals surface area (Å²) in [5.74, 6) is 0.998. The quantitative estimate of drug-likeness (QED) is 0.758. The van der Waals surface area contributed by atoms with Crippen LogP contribution in [0.15, 0.2) is 18.2 Å². The monoisotopic (exact) mass is 297 g/mol. The molecule has 2 fully saturated rings. The van der Waals surface area contributed by atoms with Crippen molar-refractivity contribution >= 4 is 23.2 Å². The Bertz CT molecular complexity index is 464. The molecule has 1 unspecified atom stereocenters. The fourth-order valence-corrected chi connectivity index (χ4v) is 3.71. The molecular formula is C16H21Cl2N. The summed E-state index contributed by atoms with van der Waals surface area (Å²) in [6, 6.07) is 6.18. The first-order valence-corrected chi connectivity index (χ1v) is 8.08. The third kappa shape index (κ3) is 2.94. The van der Waals surface area contributed by atoms with Crippen LogP contribution >= 0.6 is 23.2 Å². The predicted octanol–water partition coefficient (Wildman–Crippen LogP) is 5.22. The Morgan fingerprint density at radius 3 is 2.58 bits per heavy atom. The van der Waals surface area contributed by atoms with Crippen LogP contribution in [-0.2, 0) is 0 Å². The molecule has 1 nitrogen and oxygen atoms in total. The van der Waals surface area contributed by atoms with E-state index in [1.807, 2.05) is 12.1 Å². The third-order valence-electron chi connectivity index (χ3n) is 4.78. The van der Waals surface area contributed by atoms with E-state index in [4.69, 9.17) is 23.2 Å². The van der Waals surface area contributed by atoms with Gasteiger partial charge in [-0.1, -0.05) is 36.2 Å². The first kappa shape index (κ1) is 13.7. The zero-order valence-corrected chi connectivity index (χ0v) is 12.9. The molecule has 104 valence electrons. The first-order chi connectivity index (χ1) is 9.14. The molecule has 2 saturated carbocycles. The lowest BCUT2D eigenvalue weighted by Crippen LogP contribution is -2.29. The SMILES string of the molecule is CCC(NCC1(C2CC2)CC1)c1ccc(Cl)cc1Cl. The van der Waals surface area contributed by atoms with E-state index >= 15 is 0 Å². The van der Waals surface area contributed by atoms with Gasteiger partial charge in [-0.2, -0.15) is 0 Å². The third-order valence-corrected chi connectivity index (χ3v) is 5.34. The van der Waals surface area contributed by atoms with Gasteiger partial charge in [-0.05, 0) is 61.1 Å². The van der Waals surface area contributed by atoms with E-state index in [1.165, 1.54) is 31.2 Å². The van der Waals surface area contributed by atoms with Gasteiger partial charge >= 0.3 is 0 Å². The Kier molecular flexibility index (Phi) is 3.81. The summed E-state index contributed by atoms with van der Waals surface area (Å²) in [5.41, 5.74) is 1.81. The predicted molar refractivity (Wildman–Crippen MR) is 81.9 cm³/mol. The molecule has 1 aromatic rings. The molecule has 0 radical (unpaired) electrons. The second-order valence-corrected chi connectivity index (χ2v) is 6.99. The molecule has 1 N–H and O–H groups in total. The van der Waals surface area contributed by atoms with Crippen LogP contribution in [0.1, 0.15) is 50.6 Å². The smallest absolute Gasteiger partial charge is 0.0468 e. The molecular weight excluding hydrogens is 277 g/mol. The van der Waals surface area contributed by atoms with Crippen LogP contribution in [0, 0.1) is 11.3 Å². The number of nitrogens with one attached hydrogen (secondary N) is 1. The van der Waals surface area contributed by atoms with Crippen molar-refractivity contribution in [3.8, 4) is 0 Å². The highest BCUT2D eigenvalue weighted by molar-refractivity contribution is 6.35. The van der Waals surface area contributed by atoms with Gasteiger partial charge in [0.25, 0.3) is 0 Å². The molecule has 0 amide bonds. The van der Waals surface area contributed by atoms with Gasteiger partial charge in [0.1, 0.15) is 0 Å². The second-order valence-electron chi connectivity index (χ2n) is 6.14. The van der Waals surface area contributed by atoms with Gasteiger partial charge in [0.2, 0.25) is 0 Å². The molecule has 3 rings (SSSR count). The first-order valence-electron chi connectivity index (χ1n) is 7.33. The van der Waals surface area contributed by atoms with Gasteiger partial charge in [-0.3, -0.25) is 0 Å². The average molecular weight is 298 g/mol. The Morgan fingerprint density at radius 2 is 2.05 bits per heavy atom. The highest BCUT2D eigenvalue weighted by Crippen LogP contribution is 2.61. The maximum Gasteiger partial charge on any atom is 0.0468 e. The van der Waals surface area contributed by atoms with E-state index in [1.54, 1.807) is 0 Å². The summed E-state index contributed by atoms with van der Waals surface area (Å²) < 4.78 is 0. The number of hydrogen-bond acceptors (Lipinski definition) is 1. The van der Waals surface area contributed by atoms with Gasteiger partial charge in [0.15, 0.2) is 0 Å². The molecule has 19 heavy (non-hydrogen) atoms. The van der Waals surface area contributed by atoms with E-state index in [-0.39, 0.29) is 0 Å². The van der Waals surface area contributed by atoms with Crippen molar-refractivity contribution in [2.24, 2.45) is 11.3 Å². The minimum Gasteiger partial charge on any atom is -0.309 e. The van der Waals surface area contributed by atoms with Crippen molar-refractivity contribution < 1.29 is 0 Å². The molecule has 2 aliphatic rings. The highest BCUT2D eigenvalue weighted by Gasteiger charge is 2.53. The summed E-state index contributed by atoms with van der Waals surface area (Å²) in [5, 5.41) is 5.23. The summed E-state index contributed by atoms with van der Waals surface area (Å²) in [7, 11) is 0. The molecule has 0 spiro atoms. The Hall–Kier alpha value is -0.240. The number of rotatable bonds is 6. The van der Waals surface area contributed by atoms with Crippen LogP contribution in [0.25, 0.3) is 0 Å². The van der Waals surface area contributed by atoms with Gasteiger partial charge in [-0.25, -0.2) is 0 Å². The van der Waals surface area contributed by atoms with Gasteiger partial charge in [0.05, 0.1) is 0 Å². The van der Waals surface area contributed by atoms with Crippen LogP contribution in [-0.4, -0.2) is 6.54 Å². The van der Waals surface area contributed by atoms with Gasteiger partial charge < -0.3 is 5.32 Å². The Morgan fingerprint density at radius 1 is 1.32 bits per heavy atom. The molecule has 0 heterocycles. The summed E-state index contributed by atoms with van der Waals surface area (Å²) in [6.07, 6.45) is 6.77. The number of benzene rings is 1. The molecule has 1 aromatic carbocycles. The lowest BCUT2D eigenvalue weighted by Gasteiger charge is -2.23. The van der Waals surface area contributed by atoms with Crippen molar-refractivity contribution in [2.75, 3.05) is 6.54 Å². The Balaban J connectivity index is 1.66. The molecule has 0 bridgehead atoms. The number of hydrogen-bond donors (Lipinski definition) is 1. The normalized spacial score (nSPS) is 22.3. The average Bonchev–Trinajstić information content (AvgIpc) is 3.26. The van der Waals surface area contributed by atoms with Crippen LogP contribution in [0.2, 0.25) is 10.0 Å². The van der Waals surface area contributed by atoms with Crippen LogP contribution in [0.3, 0.4) is 0 Å². The zero-order chi connectivity index (χ0) is 13.5. The molecule has 0 aromatic heterocycles. The largest absolute Gasteiger partial charge is 0.309 e. The summed E-state index contributed by atoms with van der Waals surface area (Å²) in [6.45, 7) is 3.36. The highest BCUT2D eigenvalue weighted by atomic mass is 35.5. The molecule has 3 heteroatoms. The molecule has 0 saturated heterocycles.